The molecule has 0 radical (unpaired) electrons. The van der Waals surface area contributed by atoms with Crippen molar-refractivity contribution in [1.82, 2.24) is 4.90 Å². The average Bonchev–Trinajstić information content (AvgIpc) is 2.83. The molecule has 2 atom stereocenters. The maximum atomic E-state index is 13.9. The van der Waals surface area contributed by atoms with Crippen molar-refractivity contribution in [3.8, 4) is 11.5 Å². The molecule has 0 spiro atoms. The maximum Gasteiger partial charge on any atom is 0.249 e. The lowest BCUT2D eigenvalue weighted by molar-refractivity contribution is -0.0715. The molecule has 1 saturated carbocycles. The Labute approximate surface area is 130 Å². The number of likely N-dealkylation sites (N-methyl/N-ethyl adjacent to an activating group) is 1. The summed E-state index contributed by atoms with van der Waals surface area (Å²) < 4.78 is 38.5. The first-order valence-electron chi connectivity index (χ1n) is 7.72. The molecule has 22 heavy (non-hydrogen) atoms. The smallest absolute Gasteiger partial charge is 0.249 e. The summed E-state index contributed by atoms with van der Waals surface area (Å²) in [5, 5.41) is 0. The number of rotatable bonds is 3. The monoisotopic (exact) mass is 311 g/mol. The zero-order valence-corrected chi connectivity index (χ0v) is 13.4. The molecule has 1 aliphatic carbocycles. The van der Waals surface area contributed by atoms with E-state index in [0.29, 0.717) is 17.9 Å². The maximum absolute atomic E-state index is 13.9. The molecule has 0 bridgehead atoms. The first-order chi connectivity index (χ1) is 10.4. The molecule has 2 fully saturated rings. The lowest BCUT2D eigenvalue weighted by Crippen LogP contribution is -2.49. The molecule has 0 N–H and O–H groups in total. The molecular formula is C17H23F2NO2. The molecule has 1 aromatic rings. The lowest BCUT2D eigenvalue weighted by Gasteiger charge is -2.44. The van der Waals surface area contributed by atoms with Gasteiger partial charge in [0.1, 0.15) is 0 Å². The van der Waals surface area contributed by atoms with Crippen LogP contribution in [0.3, 0.4) is 0 Å². The van der Waals surface area contributed by atoms with Gasteiger partial charge in [0.2, 0.25) is 5.92 Å². The highest BCUT2D eigenvalue weighted by molar-refractivity contribution is 5.46. The van der Waals surface area contributed by atoms with E-state index < -0.39 is 5.92 Å². The van der Waals surface area contributed by atoms with Gasteiger partial charge in [0.25, 0.3) is 0 Å². The van der Waals surface area contributed by atoms with E-state index in [4.69, 9.17) is 9.47 Å². The zero-order valence-electron chi connectivity index (χ0n) is 13.4. The van der Waals surface area contributed by atoms with Gasteiger partial charge in [-0.1, -0.05) is 6.07 Å². The van der Waals surface area contributed by atoms with Gasteiger partial charge in [-0.2, -0.15) is 0 Å². The Bertz CT molecular complexity index is 564. The van der Waals surface area contributed by atoms with Crippen LogP contribution in [-0.2, 0) is 5.41 Å². The van der Waals surface area contributed by atoms with E-state index in [1.54, 1.807) is 14.2 Å². The molecular weight excluding hydrogens is 288 g/mol. The van der Waals surface area contributed by atoms with Crippen molar-refractivity contribution < 1.29 is 18.3 Å². The van der Waals surface area contributed by atoms with Gasteiger partial charge >= 0.3 is 0 Å². The topological polar surface area (TPSA) is 21.7 Å². The lowest BCUT2D eigenvalue weighted by atomic mass is 9.65. The van der Waals surface area contributed by atoms with E-state index in [9.17, 15) is 8.78 Å². The predicted molar refractivity (Wildman–Crippen MR) is 81.1 cm³/mol. The van der Waals surface area contributed by atoms with Gasteiger partial charge in [0.05, 0.1) is 14.2 Å². The molecule has 5 heteroatoms. The Kier molecular flexibility index (Phi) is 3.79. The Balaban J connectivity index is 2.02. The minimum atomic E-state index is -2.55. The van der Waals surface area contributed by atoms with Crippen LogP contribution in [-0.4, -0.2) is 44.7 Å². The van der Waals surface area contributed by atoms with Crippen LogP contribution in [0.15, 0.2) is 18.2 Å². The van der Waals surface area contributed by atoms with Gasteiger partial charge in [0.15, 0.2) is 11.5 Å². The molecule has 0 amide bonds. The second kappa shape index (κ2) is 5.37. The summed E-state index contributed by atoms with van der Waals surface area (Å²) in [7, 11) is 5.16. The van der Waals surface area contributed by atoms with Crippen LogP contribution < -0.4 is 9.47 Å². The molecule has 3 rings (SSSR count). The fourth-order valence-corrected chi connectivity index (χ4v) is 4.18. The molecule has 0 aromatic heterocycles. The van der Waals surface area contributed by atoms with Crippen LogP contribution >= 0.6 is 0 Å². The third-order valence-corrected chi connectivity index (χ3v) is 5.47. The highest BCUT2D eigenvalue weighted by Crippen LogP contribution is 2.53. The van der Waals surface area contributed by atoms with Crippen LogP contribution in [0.2, 0.25) is 0 Å². The Hall–Kier alpha value is -1.36. The predicted octanol–water partition coefficient (Wildman–Crippen LogP) is 3.46. The molecule has 1 heterocycles. The van der Waals surface area contributed by atoms with Gasteiger partial charge in [-0.3, -0.25) is 0 Å². The Morgan fingerprint density at radius 1 is 1.09 bits per heavy atom. The number of benzene rings is 1. The van der Waals surface area contributed by atoms with Crippen molar-refractivity contribution >= 4 is 0 Å². The Morgan fingerprint density at radius 2 is 1.82 bits per heavy atom. The first-order valence-corrected chi connectivity index (χ1v) is 7.72. The number of alkyl halides is 2. The zero-order chi connectivity index (χ0) is 16.0. The normalized spacial score (nSPS) is 30.9. The summed E-state index contributed by atoms with van der Waals surface area (Å²) >= 11 is 0. The van der Waals surface area contributed by atoms with Crippen molar-refractivity contribution in [2.24, 2.45) is 0 Å². The standard InChI is InChI=1S/C17H23F2NO2/c1-20-9-8-16(6-7-17(18,19)11-15(16)20)12-4-5-13(21-2)14(10-12)22-3/h4-5,10,15H,6-9,11H2,1-3H3/t15-,16-/m0/s1. The number of nitrogens with zero attached hydrogens (tertiary/aromatic N) is 1. The SMILES string of the molecule is COc1ccc([C@]23CCN(C)[C@H]2CC(F)(F)CC3)cc1OC. The fraction of sp³-hybridized carbons (Fsp3) is 0.647. The summed E-state index contributed by atoms with van der Waals surface area (Å²) in [4.78, 5) is 2.09. The average molecular weight is 311 g/mol. The van der Waals surface area contributed by atoms with Gasteiger partial charge in [-0.05, 0) is 44.1 Å². The van der Waals surface area contributed by atoms with Gasteiger partial charge in [-0.25, -0.2) is 8.78 Å². The third kappa shape index (κ3) is 2.35. The van der Waals surface area contributed by atoms with E-state index in [-0.39, 0.29) is 24.3 Å². The first kappa shape index (κ1) is 15.5. The van der Waals surface area contributed by atoms with E-state index in [1.165, 1.54) is 0 Å². The second-order valence-electron chi connectivity index (χ2n) is 6.53. The largest absolute Gasteiger partial charge is 0.493 e. The molecule has 1 aromatic carbocycles. The molecule has 122 valence electrons. The summed E-state index contributed by atoms with van der Waals surface area (Å²) in [6, 6.07) is 5.74. The highest BCUT2D eigenvalue weighted by Gasteiger charge is 2.55. The van der Waals surface area contributed by atoms with Crippen LogP contribution in [0.5, 0.6) is 11.5 Å². The molecule has 3 nitrogen and oxygen atoms in total. The molecule has 2 aliphatic rings. The second-order valence-corrected chi connectivity index (χ2v) is 6.53. The van der Waals surface area contributed by atoms with Crippen LogP contribution in [0.25, 0.3) is 0 Å². The molecule has 1 aliphatic heterocycles. The minimum Gasteiger partial charge on any atom is -0.493 e. The van der Waals surface area contributed by atoms with Crippen molar-refractivity contribution in [2.45, 2.75) is 43.1 Å². The number of halogens is 2. The highest BCUT2D eigenvalue weighted by atomic mass is 19.3. The van der Waals surface area contributed by atoms with E-state index >= 15 is 0 Å². The van der Waals surface area contributed by atoms with E-state index in [0.717, 1.165) is 18.5 Å². The van der Waals surface area contributed by atoms with Crippen molar-refractivity contribution in [3.05, 3.63) is 23.8 Å². The van der Waals surface area contributed by atoms with Gasteiger partial charge < -0.3 is 14.4 Å². The Morgan fingerprint density at radius 3 is 2.50 bits per heavy atom. The number of hydrogen-bond acceptors (Lipinski definition) is 3. The summed E-state index contributed by atoms with van der Waals surface area (Å²) in [5.74, 6) is -1.21. The number of fused-ring (bicyclic) bond motifs is 1. The van der Waals surface area contributed by atoms with Crippen LogP contribution in [0.1, 0.15) is 31.2 Å². The summed E-state index contributed by atoms with van der Waals surface area (Å²) in [5.41, 5.74) is 0.894. The van der Waals surface area contributed by atoms with Crippen molar-refractivity contribution in [3.63, 3.8) is 0 Å². The molecule has 0 unspecified atom stereocenters. The number of hydrogen-bond donors (Lipinski definition) is 0. The van der Waals surface area contributed by atoms with Crippen molar-refractivity contribution in [2.75, 3.05) is 27.8 Å². The van der Waals surface area contributed by atoms with Gasteiger partial charge in [-0.15, -0.1) is 0 Å². The minimum absolute atomic E-state index is 0.0360. The quantitative estimate of drug-likeness (QED) is 0.853. The van der Waals surface area contributed by atoms with Crippen LogP contribution in [0, 0.1) is 0 Å². The van der Waals surface area contributed by atoms with Crippen molar-refractivity contribution in [1.29, 1.82) is 0 Å². The number of ether oxygens (including phenoxy) is 2. The van der Waals surface area contributed by atoms with Gasteiger partial charge in [0, 0.05) is 24.3 Å². The summed E-state index contributed by atoms with van der Waals surface area (Å²) in [6.45, 7) is 0.856. The fourth-order valence-electron chi connectivity index (χ4n) is 4.18. The molecule has 1 saturated heterocycles. The van der Waals surface area contributed by atoms with E-state index in [1.807, 2.05) is 25.2 Å². The summed E-state index contributed by atoms with van der Waals surface area (Å²) in [6.07, 6.45) is 1.34. The third-order valence-electron chi connectivity index (χ3n) is 5.47. The number of methoxy groups -OCH3 is 2. The number of likely N-dealkylation sites (tertiary alicyclic amines) is 1. The van der Waals surface area contributed by atoms with Crippen LogP contribution in [0.4, 0.5) is 8.78 Å². The van der Waals surface area contributed by atoms with E-state index in [2.05, 4.69) is 4.90 Å².